The molecule has 0 atom stereocenters. The molecule has 0 bridgehead atoms. The first-order chi connectivity index (χ1) is 17.8. The van der Waals surface area contributed by atoms with Crippen LogP contribution in [0.3, 0.4) is 0 Å². The predicted molar refractivity (Wildman–Crippen MR) is 149 cm³/mol. The number of rotatable bonds is 7. The van der Waals surface area contributed by atoms with E-state index in [4.69, 9.17) is 11.6 Å². The van der Waals surface area contributed by atoms with E-state index in [1.807, 2.05) is 67.5 Å². The summed E-state index contributed by atoms with van der Waals surface area (Å²) in [5, 5.41) is 19.0. The zero-order valence-electron chi connectivity index (χ0n) is 20.3. The number of benzene rings is 4. The van der Waals surface area contributed by atoms with Gasteiger partial charge in [0.25, 0.3) is 11.8 Å². The summed E-state index contributed by atoms with van der Waals surface area (Å²) >= 11 is 6.17. The van der Waals surface area contributed by atoms with Gasteiger partial charge in [0.15, 0.2) is 0 Å². The van der Waals surface area contributed by atoms with E-state index in [0.717, 1.165) is 16.5 Å². The van der Waals surface area contributed by atoms with Crippen LogP contribution in [0.1, 0.15) is 21.5 Å². The molecule has 4 aromatic rings. The number of hydrogen-bond donors (Lipinski definition) is 3. The first-order valence-electron chi connectivity index (χ1n) is 11.4. The van der Waals surface area contributed by atoms with Crippen LogP contribution >= 0.6 is 11.6 Å². The van der Waals surface area contributed by atoms with Crippen molar-refractivity contribution >= 4 is 52.2 Å². The lowest BCUT2D eigenvalue weighted by Gasteiger charge is -2.13. The van der Waals surface area contributed by atoms with Crippen LogP contribution < -0.4 is 15.6 Å². The Hall–Kier alpha value is -4.62. The molecule has 3 N–H and O–H groups in total. The summed E-state index contributed by atoms with van der Waals surface area (Å²) in [6.45, 7) is 0. The zero-order valence-corrected chi connectivity index (χ0v) is 21.0. The SMILES string of the molecule is CN(C)c1ccc(/C=C(/NC(=O)c2ccccc2Cl)C(=O)N/N=C\c2c(O)ccc3ccccc23)cc1. The van der Waals surface area contributed by atoms with Crippen molar-refractivity contribution in [1.82, 2.24) is 10.7 Å². The van der Waals surface area contributed by atoms with Crippen LogP contribution in [0, 0.1) is 0 Å². The molecule has 0 fully saturated rings. The van der Waals surface area contributed by atoms with Gasteiger partial charge in [0.2, 0.25) is 0 Å². The van der Waals surface area contributed by atoms with Crippen molar-refractivity contribution in [2.24, 2.45) is 5.10 Å². The fourth-order valence-electron chi connectivity index (χ4n) is 3.66. The number of carbonyl (C=O) groups excluding carboxylic acids is 2. The van der Waals surface area contributed by atoms with Gasteiger partial charge in [-0.15, -0.1) is 0 Å². The summed E-state index contributed by atoms with van der Waals surface area (Å²) in [6.07, 6.45) is 2.92. The van der Waals surface area contributed by atoms with Gasteiger partial charge in [0.05, 0.1) is 16.8 Å². The molecule has 0 aliphatic carbocycles. The molecule has 0 spiro atoms. The number of hydrogen-bond acceptors (Lipinski definition) is 5. The summed E-state index contributed by atoms with van der Waals surface area (Å²) in [5.74, 6) is -1.15. The number of nitrogens with one attached hydrogen (secondary N) is 2. The van der Waals surface area contributed by atoms with Gasteiger partial charge < -0.3 is 15.3 Å². The molecule has 8 heteroatoms. The molecule has 7 nitrogen and oxygen atoms in total. The van der Waals surface area contributed by atoms with E-state index >= 15 is 0 Å². The third kappa shape index (κ3) is 6.15. The lowest BCUT2D eigenvalue weighted by atomic mass is 10.0. The van der Waals surface area contributed by atoms with Gasteiger partial charge >= 0.3 is 0 Å². The number of hydrazone groups is 1. The quantitative estimate of drug-likeness (QED) is 0.180. The highest BCUT2D eigenvalue weighted by molar-refractivity contribution is 6.34. The highest BCUT2D eigenvalue weighted by Crippen LogP contribution is 2.25. The van der Waals surface area contributed by atoms with Crippen LogP contribution in [0.4, 0.5) is 5.69 Å². The maximum Gasteiger partial charge on any atom is 0.287 e. The maximum atomic E-state index is 13.1. The van der Waals surface area contributed by atoms with E-state index in [2.05, 4.69) is 15.8 Å². The van der Waals surface area contributed by atoms with E-state index in [1.165, 1.54) is 6.21 Å². The third-order valence-corrected chi connectivity index (χ3v) is 5.97. The van der Waals surface area contributed by atoms with Crippen LogP contribution in [0.15, 0.2) is 95.7 Å². The Bertz CT molecular complexity index is 1510. The molecule has 0 saturated heterocycles. The van der Waals surface area contributed by atoms with Crippen molar-refractivity contribution in [1.29, 1.82) is 0 Å². The minimum Gasteiger partial charge on any atom is -0.507 e. The molecule has 4 aromatic carbocycles. The number of amides is 2. The summed E-state index contributed by atoms with van der Waals surface area (Å²) in [7, 11) is 3.86. The standard InChI is InChI=1S/C29H25ClN4O3/c1-34(2)21-14-11-19(12-15-21)17-26(32-28(36)23-9-5-6-10-25(23)30)29(37)33-31-18-24-22-8-4-3-7-20(22)13-16-27(24)35/h3-18,35H,1-2H3,(H,32,36)(H,33,37)/b26-17+,31-18-. The maximum absolute atomic E-state index is 13.1. The average molecular weight is 513 g/mol. The van der Waals surface area contributed by atoms with Crippen LogP contribution in [0.2, 0.25) is 5.02 Å². The highest BCUT2D eigenvalue weighted by Gasteiger charge is 2.16. The van der Waals surface area contributed by atoms with Crippen molar-refractivity contribution in [3.05, 3.63) is 112 Å². The molecule has 4 rings (SSSR count). The molecule has 0 aromatic heterocycles. The van der Waals surface area contributed by atoms with E-state index < -0.39 is 11.8 Å². The first kappa shape index (κ1) is 25.5. The third-order valence-electron chi connectivity index (χ3n) is 5.64. The second-order valence-corrected chi connectivity index (χ2v) is 8.80. The molecule has 0 radical (unpaired) electrons. The number of phenolic OH excluding ortho intramolecular Hbond substituents is 1. The second kappa shape index (κ2) is 11.4. The Morgan fingerprint density at radius 2 is 1.62 bits per heavy atom. The average Bonchev–Trinajstić information content (AvgIpc) is 2.90. The monoisotopic (exact) mass is 512 g/mol. The van der Waals surface area contributed by atoms with Gasteiger partial charge in [-0.25, -0.2) is 5.43 Å². The Kier molecular flexibility index (Phi) is 7.86. The molecule has 0 saturated carbocycles. The highest BCUT2D eigenvalue weighted by atomic mass is 35.5. The molecule has 0 aliphatic heterocycles. The smallest absolute Gasteiger partial charge is 0.287 e. The van der Waals surface area contributed by atoms with Crippen molar-refractivity contribution in [2.75, 3.05) is 19.0 Å². The van der Waals surface area contributed by atoms with Crippen LogP contribution in [0.25, 0.3) is 16.8 Å². The van der Waals surface area contributed by atoms with Crippen molar-refractivity contribution in [3.63, 3.8) is 0 Å². The van der Waals surface area contributed by atoms with Crippen LogP contribution in [-0.2, 0) is 4.79 Å². The van der Waals surface area contributed by atoms with Gasteiger partial charge in [0, 0.05) is 25.3 Å². The Labute approximate surface area is 219 Å². The summed E-state index contributed by atoms with van der Waals surface area (Å²) in [4.78, 5) is 28.0. The lowest BCUT2D eigenvalue weighted by Crippen LogP contribution is -2.33. The minimum atomic E-state index is -0.645. The number of fused-ring (bicyclic) bond motifs is 1. The summed E-state index contributed by atoms with van der Waals surface area (Å²) in [6, 6.07) is 24.9. The molecule has 0 unspecified atom stereocenters. The number of nitrogens with zero attached hydrogens (tertiary/aromatic N) is 2. The topological polar surface area (TPSA) is 94.0 Å². The molecule has 0 heterocycles. The van der Waals surface area contributed by atoms with Gasteiger partial charge in [-0.2, -0.15) is 5.10 Å². The van der Waals surface area contributed by atoms with Crippen LogP contribution in [-0.4, -0.2) is 37.2 Å². The van der Waals surface area contributed by atoms with Gasteiger partial charge in [-0.1, -0.05) is 66.2 Å². The van der Waals surface area contributed by atoms with E-state index in [9.17, 15) is 14.7 Å². The van der Waals surface area contributed by atoms with Gasteiger partial charge in [-0.3, -0.25) is 9.59 Å². The minimum absolute atomic E-state index is 0.0261. The molecule has 37 heavy (non-hydrogen) atoms. The molecule has 0 aliphatic rings. The van der Waals surface area contributed by atoms with Gasteiger partial charge in [0.1, 0.15) is 11.4 Å². The van der Waals surface area contributed by atoms with E-state index in [1.54, 1.807) is 42.5 Å². The van der Waals surface area contributed by atoms with E-state index in [0.29, 0.717) is 11.1 Å². The van der Waals surface area contributed by atoms with Crippen molar-refractivity contribution < 1.29 is 14.7 Å². The number of aromatic hydroxyl groups is 1. The fourth-order valence-corrected chi connectivity index (χ4v) is 3.89. The first-order valence-corrected chi connectivity index (χ1v) is 11.8. The van der Waals surface area contributed by atoms with E-state index in [-0.39, 0.29) is 22.0 Å². The van der Waals surface area contributed by atoms with Crippen molar-refractivity contribution in [2.45, 2.75) is 0 Å². The Balaban J connectivity index is 1.61. The number of anilines is 1. The number of carbonyl (C=O) groups is 2. The predicted octanol–water partition coefficient (Wildman–Crippen LogP) is 5.19. The lowest BCUT2D eigenvalue weighted by molar-refractivity contribution is -0.117. The van der Waals surface area contributed by atoms with Crippen molar-refractivity contribution in [3.8, 4) is 5.75 Å². The molecular weight excluding hydrogens is 488 g/mol. The fraction of sp³-hybridized carbons (Fsp3) is 0.0690. The normalized spacial score (nSPS) is 11.5. The van der Waals surface area contributed by atoms with Gasteiger partial charge in [-0.05, 0) is 52.7 Å². The Morgan fingerprint density at radius 1 is 0.919 bits per heavy atom. The largest absolute Gasteiger partial charge is 0.507 e. The summed E-state index contributed by atoms with van der Waals surface area (Å²) < 4.78 is 0. The zero-order chi connectivity index (χ0) is 26.4. The molecular formula is C29H25ClN4O3. The van der Waals surface area contributed by atoms with Crippen LogP contribution in [0.5, 0.6) is 5.75 Å². The summed E-state index contributed by atoms with van der Waals surface area (Å²) in [5.41, 5.74) is 4.79. The Morgan fingerprint density at radius 3 is 2.35 bits per heavy atom. The second-order valence-electron chi connectivity index (χ2n) is 8.40. The number of phenols is 1. The molecule has 186 valence electrons. The number of halogens is 1. The molecule has 2 amide bonds.